The zero-order valence-electron chi connectivity index (χ0n) is 13.2. The molecule has 6 heteroatoms. The van der Waals surface area contributed by atoms with E-state index in [0.29, 0.717) is 24.3 Å². The number of aromatic nitrogens is 2. The summed E-state index contributed by atoms with van der Waals surface area (Å²) >= 11 is 0. The molecule has 0 saturated heterocycles. The number of carbonyl (C=O) groups excluding carboxylic acids is 2. The lowest BCUT2D eigenvalue weighted by molar-refractivity contribution is 0.0599. The van der Waals surface area contributed by atoms with Crippen LogP contribution < -0.4 is 0 Å². The molecule has 0 N–H and O–H groups in total. The lowest BCUT2D eigenvalue weighted by atomic mass is 10.2. The summed E-state index contributed by atoms with van der Waals surface area (Å²) in [5.74, 6) is -0.649. The molecule has 0 aliphatic heterocycles. The first kappa shape index (κ1) is 16.6. The van der Waals surface area contributed by atoms with Crippen LogP contribution in [0.4, 0.5) is 0 Å². The summed E-state index contributed by atoms with van der Waals surface area (Å²) in [5, 5.41) is 0. The molecule has 6 nitrogen and oxygen atoms in total. The molecule has 0 aromatic carbocycles. The molecular formula is C17H19N3O3. The lowest BCUT2D eigenvalue weighted by Crippen LogP contribution is -2.32. The van der Waals surface area contributed by atoms with Crippen LogP contribution in [0.1, 0.15) is 39.8 Å². The molecule has 23 heavy (non-hydrogen) atoms. The SMILES string of the molecule is CCCN(Cc1cccnc1)C(=O)c1ccc(C(=O)OC)cn1. The Labute approximate surface area is 135 Å². The molecule has 0 saturated carbocycles. The minimum Gasteiger partial charge on any atom is -0.465 e. The predicted molar refractivity (Wildman–Crippen MR) is 84.8 cm³/mol. The Bertz CT molecular complexity index is 657. The monoisotopic (exact) mass is 313 g/mol. The molecule has 0 aliphatic carbocycles. The number of esters is 1. The van der Waals surface area contributed by atoms with Gasteiger partial charge in [-0.05, 0) is 30.2 Å². The molecule has 2 aromatic rings. The van der Waals surface area contributed by atoms with Crippen molar-refractivity contribution in [2.75, 3.05) is 13.7 Å². The molecule has 120 valence electrons. The molecule has 0 atom stereocenters. The van der Waals surface area contributed by atoms with Crippen molar-refractivity contribution < 1.29 is 14.3 Å². The fourth-order valence-corrected chi connectivity index (χ4v) is 2.16. The van der Waals surface area contributed by atoms with Gasteiger partial charge in [-0.2, -0.15) is 0 Å². The highest BCUT2D eigenvalue weighted by Crippen LogP contribution is 2.10. The van der Waals surface area contributed by atoms with E-state index < -0.39 is 5.97 Å². The first-order valence-corrected chi connectivity index (χ1v) is 7.38. The number of carbonyl (C=O) groups is 2. The fourth-order valence-electron chi connectivity index (χ4n) is 2.16. The Morgan fingerprint density at radius 1 is 1.22 bits per heavy atom. The van der Waals surface area contributed by atoms with Crippen LogP contribution in [0.5, 0.6) is 0 Å². The van der Waals surface area contributed by atoms with Gasteiger partial charge in [-0.3, -0.25) is 14.8 Å². The normalized spacial score (nSPS) is 10.2. The van der Waals surface area contributed by atoms with Gasteiger partial charge in [-0.1, -0.05) is 13.0 Å². The maximum atomic E-state index is 12.6. The van der Waals surface area contributed by atoms with E-state index in [4.69, 9.17) is 0 Å². The Morgan fingerprint density at radius 2 is 2.04 bits per heavy atom. The quantitative estimate of drug-likeness (QED) is 0.765. The second-order valence-electron chi connectivity index (χ2n) is 5.01. The van der Waals surface area contributed by atoms with E-state index in [1.807, 2.05) is 19.1 Å². The lowest BCUT2D eigenvalue weighted by Gasteiger charge is -2.21. The summed E-state index contributed by atoms with van der Waals surface area (Å²) < 4.78 is 4.62. The van der Waals surface area contributed by atoms with E-state index in [0.717, 1.165) is 12.0 Å². The van der Waals surface area contributed by atoms with Gasteiger partial charge in [0.05, 0.1) is 12.7 Å². The van der Waals surface area contributed by atoms with E-state index in [1.54, 1.807) is 29.4 Å². The topological polar surface area (TPSA) is 72.4 Å². The number of hydrogen-bond donors (Lipinski definition) is 0. The minimum atomic E-state index is -0.475. The van der Waals surface area contributed by atoms with E-state index >= 15 is 0 Å². The molecule has 0 aliphatic rings. The van der Waals surface area contributed by atoms with Gasteiger partial charge in [0, 0.05) is 31.7 Å². The summed E-state index contributed by atoms with van der Waals surface area (Å²) in [7, 11) is 1.30. The van der Waals surface area contributed by atoms with Gasteiger partial charge in [-0.25, -0.2) is 4.79 Å². The zero-order chi connectivity index (χ0) is 16.7. The highest BCUT2D eigenvalue weighted by atomic mass is 16.5. The number of ether oxygens (including phenoxy) is 1. The predicted octanol–water partition coefficient (Wildman–Crippen LogP) is 2.32. The van der Waals surface area contributed by atoms with Gasteiger partial charge >= 0.3 is 5.97 Å². The number of hydrogen-bond acceptors (Lipinski definition) is 5. The maximum absolute atomic E-state index is 12.6. The van der Waals surface area contributed by atoms with Gasteiger partial charge in [0.1, 0.15) is 5.69 Å². The molecule has 2 aromatic heterocycles. The number of amides is 1. The Hall–Kier alpha value is -2.76. The molecular weight excluding hydrogens is 294 g/mol. The van der Waals surface area contributed by atoms with E-state index in [2.05, 4.69) is 14.7 Å². The summed E-state index contributed by atoms with van der Waals surface area (Å²) in [5.41, 5.74) is 1.58. The van der Waals surface area contributed by atoms with Crippen molar-refractivity contribution in [1.82, 2.24) is 14.9 Å². The van der Waals surface area contributed by atoms with Crippen molar-refractivity contribution in [3.8, 4) is 0 Å². The molecule has 2 heterocycles. The Kier molecular flexibility index (Phi) is 5.80. The fraction of sp³-hybridized carbons (Fsp3) is 0.294. The second kappa shape index (κ2) is 8.03. The highest BCUT2D eigenvalue weighted by molar-refractivity contribution is 5.94. The van der Waals surface area contributed by atoms with E-state index in [9.17, 15) is 9.59 Å². The summed E-state index contributed by atoms with van der Waals surface area (Å²) in [6.45, 7) is 3.10. The van der Waals surface area contributed by atoms with Crippen molar-refractivity contribution in [2.45, 2.75) is 19.9 Å². The van der Waals surface area contributed by atoms with Gasteiger partial charge in [0.15, 0.2) is 0 Å². The van der Waals surface area contributed by atoms with E-state index in [1.165, 1.54) is 13.3 Å². The van der Waals surface area contributed by atoms with Crippen molar-refractivity contribution in [3.63, 3.8) is 0 Å². The average Bonchev–Trinajstić information content (AvgIpc) is 2.61. The van der Waals surface area contributed by atoms with Crippen LogP contribution in [0, 0.1) is 0 Å². The third kappa shape index (κ3) is 4.35. The number of methoxy groups -OCH3 is 1. The van der Waals surface area contributed by atoms with Gasteiger partial charge in [0.2, 0.25) is 0 Å². The largest absolute Gasteiger partial charge is 0.465 e. The second-order valence-corrected chi connectivity index (χ2v) is 5.01. The van der Waals surface area contributed by atoms with Gasteiger partial charge < -0.3 is 9.64 Å². The number of nitrogens with zero attached hydrogens (tertiary/aromatic N) is 3. The third-order valence-corrected chi connectivity index (χ3v) is 3.28. The Balaban J connectivity index is 2.15. The smallest absolute Gasteiger partial charge is 0.339 e. The van der Waals surface area contributed by atoms with Crippen molar-refractivity contribution in [3.05, 3.63) is 59.7 Å². The summed E-state index contributed by atoms with van der Waals surface area (Å²) in [6.07, 6.45) is 5.63. The van der Waals surface area contributed by atoms with Crippen LogP contribution in [-0.4, -0.2) is 40.4 Å². The highest BCUT2D eigenvalue weighted by Gasteiger charge is 2.17. The van der Waals surface area contributed by atoms with Crippen molar-refractivity contribution >= 4 is 11.9 Å². The van der Waals surface area contributed by atoms with Crippen LogP contribution in [0.15, 0.2) is 42.9 Å². The molecule has 0 radical (unpaired) electrons. The first-order chi connectivity index (χ1) is 11.2. The number of pyridine rings is 2. The maximum Gasteiger partial charge on any atom is 0.339 e. The first-order valence-electron chi connectivity index (χ1n) is 7.38. The van der Waals surface area contributed by atoms with E-state index in [-0.39, 0.29) is 5.91 Å². The minimum absolute atomic E-state index is 0.174. The molecule has 1 amide bonds. The zero-order valence-corrected chi connectivity index (χ0v) is 13.2. The van der Waals surface area contributed by atoms with Gasteiger partial charge in [-0.15, -0.1) is 0 Å². The van der Waals surface area contributed by atoms with Crippen LogP contribution in [0.25, 0.3) is 0 Å². The van der Waals surface area contributed by atoms with Crippen LogP contribution in [0.3, 0.4) is 0 Å². The van der Waals surface area contributed by atoms with Crippen LogP contribution in [0.2, 0.25) is 0 Å². The van der Waals surface area contributed by atoms with Crippen molar-refractivity contribution in [1.29, 1.82) is 0 Å². The average molecular weight is 313 g/mol. The van der Waals surface area contributed by atoms with Crippen LogP contribution >= 0.6 is 0 Å². The molecule has 0 spiro atoms. The standard InChI is InChI=1S/C17H19N3O3/c1-3-9-20(12-13-5-4-8-18-10-13)16(21)15-7-6-14(11-19-15)17(22)23-2/h4-8,10-11H,3,9,12H2,1-2H3. The summed E-state index contributed by atoms with van der Waals surface area (Å²) in [6, 6.07) is 6.85. The van der Waals surface area contributed by atoms with Gasteiger partial charge in [0.25, 0.3) is 5.91 Å². The molecule has 0 bridgehead atoms. The molecule has 2 rings (SSSR count). The van der Waals surface area contributed by atoms with Crippen LogP contribution in [-0.2, 0) is 11.3 Å². The molecule has 0 unspecified atom stereocenters. The summed E-state index contributed by atoms with van der Waals surface area (Å²) in [4.78, 5) is 33.9. The third-order valence-electron chi connectivity index (χ3n) is 3.28. The van der Waals surface area contributed by atoms with Crippen molar-refractivity contribution in [2.24, 2.45) is 0 Å². The number of rotatable bonds is 6. The molecule has 0 fully saturated rings. The Morgan fingerprint density at radius 3 is 2.61 bits per heavy atom.